The minimum atomic E-state index is 0. The predicted molar refractivity (Wildman–Crippen MR) is 93.7 cm³/mol. The Hall–Kier alpha value is -0.620. The van der Waals surface area contributed by atoms with Crippen LogP contribution in [-0.2, 0) is 4.79 Å². The first kappa shape index (κ1) is 17.7. The fourth-order valence-electron chi connectivity index (χ4n) is 3.37. The first-order chi connectivity index (χ1) is 10.3. The summed E-state index contributed by atoms with van der Waals surface area (Å²) < 4.78 is 0. The Morgan fingerprint density at radius 1 is 1.36 bits per heavy atom. The van der Waals surface area contributed by atoms with Gasteiger partial charge in [0.1, 0.15) is 0 Å². The van der Waals surface area contributed by atoms with E-state index in [2.05, 4.69) is 33.0 Å². The Morgan fingerprint density at radius 3 is 2.73 bits per heavy atom. The lowest BCUT2D eigenvalue weighted by molar-refractivity contribution is -0.126. The molecule has 2 aliphatic heterocycles. The van der Waals surface area contributed by atoms with Crippen molar-refractivity contribution in [3.8, 4) is 0 Å². The van der Waals surface area contributed by atoms with E-state index in [-0.39, 0.29) is 24.2 Å². The van der Waals surface area contributed by atoms with Crippen LogP contribution in [-0.4, -0.2) is 43.5 Å². The monoisotopic (exact) mass is 343 g/mol. The lowest BCUT2D eigenvalue weighted by Gasteiger charge is -2.28. The van der Waals surface area contributed by atoms with Crippen molar-refractivity contribution in [3.05, 3.63) is 22.4 Å². The molecular weight excluding hydrogens is 318 g/mol. The van der Waals surface area contributed by atoms with Gasteiger partial charge in [-0.15, -0.1) is 23.7 Å². The van der Waals surface area contributed by atoms with Gasteiger partial charge in [0.15, 0.2) is 0 Å². The van der Waals surface area contributed by atoms with E-state index in [1.807, 2.05) is 0 Å². The average Bonchev–Trinajstić information content (AvgIpc) is 3.22. The number of nitrogens with one attached hydrogen (secondary N) is 2. The number of hydrogen-bond acceptors (Lipinski definition) is 4. The number of amides is 1. The number of carbonyl (C=O) groups is 1. The second-order valence-electron chi connectivity index (χ2n) is 6.04. The van der Waals surface area contributed by atoms with E-state index in [9.17, 15) is 4.79 Å². The maximum absolute atomic E-state index is 12.3. The molecule has 0 radical (unpaired) electrons. The topological polar surface area (TPSA) is 44.4 Å². The van der Waals surface area contributed by atoms with Gasteiger partial charge in [0.05, 0.1) is 6.04 Å². The van der Waals surface area contributed by atoms with Crippen molar-refractivity contribution in [2.45, 2.75) is 31.7 Å². The smallest absolute Gasteiger partial charge is 0.223 e. The molecule has 2 aliphatic rings. The molecule has 2 N–H and O–H groups in total. The standard InChI is InChI=1S/C16H25N3OS.ClH/c20-16(13-5-7-17-8-6-13)18-12-14(15-4-3-11-21-15)19-9-1-2-10-19;/h3-4,11,13-14,17H,1-2,5-10,12H2,(H,18,20);1H. The molecule has 1 unspecified atom stereocenters. The van der Waals surface area contributed by atoms with E-state index in [0.29, 0.717) is 6.04 Å². The number of rotatable bonds is 5. The number of thiophene rings is 1. The molecule has 22 heavy (non-hydrogen) atoms. The van der Waals surface area contributed by atoms with Gasteiger partial charge < -0.3 is 10.6 Å². The Labute approximate surface area is 143 Å². The molecule has 0 aliphatic carbocycles. The molecular formula is C16H26ClN3OS. The minimum absolute atomic E-state index is 0. The van der Waals surface area contributed by atoms with Gasteiger partial charge in [0.2, 0.25) is 5.91 Å². The maximum atomic E-state index is 12.3. The fourth-order valence-corrected chi connectivity index (χ4v) is 4.23. The molecule has 0 bridgehead atoms. The summed E-state index contributed by atoms with van der Waals surface area (Å²) in [7, 11) is 0. The van der Waals surface area contributed by atoms with Crippen LogP contribution in [0.4, 0.5) is 0 Å². The quantitative estimate of drug-likeness (QED) is 0.863. The highest BCUT2D eigenvalue weighted by Gasteiger charge is 2.26. The second kappa shape index (κ2) is 8.87. The van der Waals surface area contributed by atoms with E-state index in [1.165, 1.54) is 17.7 Å². The van der Waals surface area contributed by atoms with E-state index >= 15 is 0 Å². The van der Waals surface area contributed by atoms with Gasteiger partial charge in [-0.2, -0.15) is 0 Å². The van der Waals surface area contributed by atoms with Crippen molar-refractivity contribution < 1.29 is 4.79 Å². The summed E-state index contributed by atoms with van der Waals surface area (Å²) in [5, 5.41) is 8.66. The van der Waals surface area contributed by atoms with Gasteiger partial charge >= 0.3 is 0 Å². The van der Waals surface area contributed by atoms with Crippen LogP contribution in [0.3, 0.4) is 0 Å². The third-order valence-electron chi connectivity index (χ3n) is 4.63. The van der Waals surface area contributed by atoms with Crippen molar-refractivity contribution >= 4 is 29.7 Å². The molecule has 0 aromatic carbocycles. The zero-order valence-electron chi connectivity index (χ0n) is 12.9. The van der Waals surface area contributed by atoms with Gasteiger partial charge in [0, 0.05) is 17.3 Å². The Bertz CT molecular complexity index is 442. The summed E-state index contributed by atoms with van der Waals surface area (Å²) in [5.41, 5.74) is 0. The molecule has 0 saturated carbocycles. The highest BCUT2D eigenvalue weighted by molar-refractivity contribution is 7.10. The highest BCUT2D eigenvalue weighted by Crippen LogP contribution is 2.28. The molecule has 0 spiro atoms. The van der Waals surface area contributed by atoms with E-state index in [0.717, 1.165) is 45.6 Å². The molecule has 1 amide bonds. The molecule has 124 valence electrons. The predicted octanol–water partition coefficient (Wildman–Crippen LogP) is 2.42. The van der Waals surface area contributed by atoms with Gasteiger partial charge in [-0.1, -0.05) is 6.07 Å². The molecule has 6 heteroatoms. The molecule has 1 aromatic heterocycles. The van der Waals surface area contributed by atoms with Gasteiger partial charge in [0.25, 0.3) is 0 Å². The summed E-state index contributed by atoms with van der Waals surface area (Å²) in [6.07, 6.45) is 4.51. The molecule has 1 atom stereocenters. The first-order valence-corrected chi connectivity index (χ1v) is 8.98. The maximum Gasteiger partial charge on any atom is 0.223 e. The highest BCUT2D eigenvalue weighted by atomic mass is 35.5. The molecule has 4 nitrogen and oxygen atoms in total. The number of hydrogen-bond donors (Lipinski definition) is 2. The van der Waals surface area contributed by atoms with E-state index in [4.69, 9.17) is 0 Å². The van der Waals surface area contributed by atoms with E-state index < -0.39 is 0 Å². The number of halogens is 1. The second-order valence-corrected chi connectivity index (χ2v) is 7.02. The van der Waals surface area contributed by atoms with E-state index in [1.54, 1.807) is 11.3 Å². The molecule has 3 rings (SSSR count). The Balaban J connectivity index is 0.00000176. The lowest BCUT2D eigenvalue weighted by Crippen LogP contribution is -2.42. The van der Waals surface area contributed by atoms with Crippen molar-refractivity contribution in [2.24, 2.45) is 5.92 Å². The Morgan fingerprint density at radius 2 is 2.09 bits per heavy atom. The van der Waals surface area contributed by atoms with Gasteiger partial charge in [-0.25, -0.2) is 0 Å². The number of likely N-dealkylation sites (tertiary alicyclic amines) is 1. The van der Waals surface area contributed by atoms with Crippen molar-refractivity contribution in [1.29, 1.82) is 0 Å². The third kappa shape index (κ3) is 4.44. The number of nitrogens with zero attached hydrogens (tertiary/aromatic N) is 1. The first-order valence-electron chi connectivity index (χ1n) is 8.10. The third-order valence-corrected chi connectivity index (χ3v) is 5.61. The minimum Gasteiger partial charge on any atom is -0.354 e. The summed E-state index contributed by atoms with van der Waals surface area (Å²) in [6, 6.07) is 4.67. The summed E-state index contributed by atoms with van der Waals surface area (Å²) >= 11 is 1.80. The van der Waals surface area contributed by atoms with Crippen molar-refractivity contribution in [2.75, 3.05) is 32.7 Å². The zero-order chi connectivity index (χ0) is 14.5. The van der Waals surface area contributed by atoms with Crippen LogP contribution in [0.15, 0.2) is 17.5 Å². The molecule has 2 saturated heterocycles. The lowest BCUT2D eigenvalue weighted by atomic mass is 9.97. The summed E-state index contributed by atoms with van der Waals surface area (Å²) in [6.45, 7) is 5.01. The zero-order valence-corrected chi connectivity index (χ0v) is 14.6. The van der Waals surface area contributed by atoms with Gasteiger partial charge in [-0.3, -0.25) is 9.69 Å². The molecule has 3 heterocycles. The number of piperidine rings is 1. The largest absolute Gasteiger partial charge is 0.354 e. The fraction of sp³-hybridized carbons (Fsp3) is 0.688. The van der Waals surface area contributed by atoms with Crippen LogP contribution in [0, 0.1) is 5.92 Å². The van der Waals surface area contributed by atoms with Crippen LogP contribution < -0.4 is 10.6 Å². The van der Waals surface area contributed by atoms with Crippen LogP contribution in [0.2, 0.25) is 0 Å². The van der Waals surface area contributed by atoms with Crippen LogP contribution in [0.25, 0.3) is 0 Å². The SMILES string of the molecule is Cl.O=C(NCC(c1cccs1)N1CCCC1)C1CCNCC1. The average molecular weight is 344 g/mol. The van der Waals surface area contributed by atoms with Crippen LogP contribution in [0.1, 0.15) is 36.6 Å². The van der Waals surface area contributed by atoms with Crippen molar-refractivity contribution in [3.63, 3.8) is 0 Å². The normalized spacial score (nSPS) is 21.3. The van der Waals surface area contributed by atoms with Gasteiger partial charge in [-0.05, 0) is 63.3 Å². The summed E-state index contributed by atoms with van der Waals surface area (Å²) in [4.78, 5) is 16.2. The molecule has 2 fully saturated rings. The van der Waals surface area contributed by atoms with Crippen molar-refractivity contribution in [1.82, 2.24) is 15.5 Å². The van der Waals surface area contributed by atoms with Crippen LogP contribution in [0.5, 0.6) is 0 Å². The summed E-state index contributed by atoms with van der Waals surface area (Å²) in [5.74, 6) is 0.450. The number of carbonyl (C=O) groups excluding carboxylic acids is 1. The Kier molecular flexibility index (Phi) is 7.15. The molecule has 1 aromatic rings. The van der Waals surface area contributed by atoms with Crippen LogP contribution >= 0.6 is 23.7 Å².